The number of nitrogens with two attached hydrogens (primary N) is 2. The van der Waals surface area contributed by atoms with Crippen molar-refractivity contribution in [1.29, 1.82) is 5.41 Å². The van der Waals surface area contributed by atoms with E-state index in [1.807, 2.05) is 31.2 Å². The van der Waals surface area contributed by atoms with Gasteiger partial charge < -0.3 is 11.5 Å². The molecule has 0 aliphatic carbocycles. The highest BCUT2D eigenvalue weighted by Crippen LogP contribution is 2.20. The summed E-state index contributed by atoms with van der Waals surface area (Å²) in [5, 5.41) is 11.5. The topological polar surface area (TPSA) is 93.7 Å². The molecule has 17 heavy (non-hydrogen) atoms. The molecule has 0 spiro atoms. The molecule has 1 aromatic carbocycles. The first-order chi connectivity index (χ1) is 7.58. The predicted molar refractivity (Wildman–Crippen MR) is 71.4 cm³/mol. The Hall–Kier alpha value is -2.01. The minimum atomic E-state index is -0.184. The molecular weight excluding hydrogens is 238 g/mol. The highest BCUT2D eigenvalue weighted by atomic mass is 35.5. The number of nitrogens with zero attached hydrogens (tertiary/aromatic N) is 2. The van der Waals surface area contributed by atoms with Crippen molar-refractivity contribution in [2.45, 2.75) is 6.92 Å². The Labute approximate surface area is 105 Å². The van der Waals surface area contributed by atoms with Gasteiger partial charge >= 0.3 is 0 Å². The third-order valence-corrected chi connectivity index (χ3v) is 2.28. The van der Waals surface area contributed by atoms with Crippen molar-refractivity contribution in [2.24, 2.45) is 5.73 Å². The molecule has 0 radical (unpaired) electrons. The zero-order valence-corrected chi connectivity index (χ0v) is 10.2. The number of anilines is 1. The van der Waals surface area contributed by atoms with Crippen LogP contribution in [-0.4, -0.2) is 15.7 Å². The van der Waals surface area contributed by atoms with Gasteiger partial charge in [-0.25, -0.2) is 0 Å². The summed E-state index contributed by atoms with van der Waals surface area (Å²) in [6, 6.07) is 9.62. The lowest BCUT2D eigenvalue weighted by atomic mass is 10.1. The van der Waals surface area contributed by atoms with E-state index in [-0.39, 0.29) is 18.4 Å². The van der Waals surface area contributed by atoms with Crippen LogP contribution in [0.3, 0.4) is 0 Å². The third kappa shape index (κ3) is 2.57. The molecule has 0 fully saturated rings. The molecule has 0 saturated carbocycles. The Morgan fingerprint density at radius 3 is 2.59 bits per heavy atom. The molecule has 0 amide bonds. The smallest absolute Gasteiger partial charge is 0.215 e. The fourth-order valence-corrected chi connectivity index (χ4v) is 1.53. The molecule has 1 aromatic heterocycles. The molecular formula is C11H14ClN5. The van der Waals surface area contributed by atoms with Crippen molar-refractivity contribution >= 4 is 24.2 Å². The van der Waals surface area contributed by atoms with E-state index in [1.165, 1.54) is 4.68 Å². The summed E-state index contributed by atoms with van der Waals surface area (Å²) in [5.74, 6) is 0.181. The Kier molecular flexibility index (Phi) is 3.75. The van der Waals surface area contributed by atoms with E-state index in [2.05, 4.69) is 5.10 Å². The van der Waals surface area contributed by atoms with Gasteiger partial charge in [0.05, 0.1) is 5.69 Å². The van der Waals surface area contributed by atoms with Gasteiger partial charge in [-0.05, 0) is 13.0 Å². The van der Waals surface area contributed by atoms with Crippen LogP contribution in [0.15, 0.2) is 30.3 Å². The molecule has 0 aliphatic rings. The van der Waals surface area contributed by atoms with Gasteiger partial charge in [-0.2, -0.15) is 9.78 Å². The fourth-order valence-electron chi connectivity index (χ4n) is 1.53. The molecule has 5 N–H and O–H groups in total. The maximum atomic E-state index is 7.29. The lowest BCUT2D eigenvalue weighted by molar-refractivity contribution is 0.925. The molecule has 0 unspecified atom stereocenters. The van der Waals surface area contributed by atoms with Gasteiger partial charge in [0, 0.05) is 11.6 Å². The normalized spacial score (nSPS) is 9.71. The van der Waals surface area contributed by atoms with Crippen molar-refractivity contribution in [3.05, 3.63) is 35.9 Å². The van der Waals surface area contributed by atoms with Crippen LogP contribution in [0.25, 0.3) is 11.3 Å². The van der Waals surface area contributed by atoms with Crippen LogP contribution in [0.5, 0.6) is 0 Å². The van der Waals surface area contributed by atoms with Crippen molar-refractivity contribution in [3.63, 3.8) is 0 Å². The average molecular weight is 252 g/mol. The van der Waals surface area contributed by atoms with Gasteiger partial charge in [0.2, 0.25) is 5.96 Å². The summed E-state index contributed by atoms with van der Waals surface area (Å²) in [7, 11) is 0. The number of benzene rings is 1. The van der Waals surface area contributed by atoms with E-state index in [9.17, 15) is 0 Å². The molecule has 2 aromatic rings. The van der Waals surface area contributed by atoms with Crippen LogP contribution in [0.2, 0.25) is 0 Å². The van der Waals surface area contributed by atoms with E-state index in [0.29, 0.717) is 5.82 Å². The van der Waals surface area contributed by atoms with Gasteiger partial charge in [-0.3, -0.25) is 5.41 Å². The van der Waals surface area contributed by atoms with E-state index in [4.69, 9.17) is 16.9 Å². The molecule has 6 heteroatoms. The SMILES string of the molecule is Cc1cccc(-c2cc(N)n(C(=N)N)n2)c1.Cl. The van der Waals surface area contributed by atoms with Crippen molar-refractivity contribution in [1.82, 2.24) is 9.78 Å². The number of hydrogen-bond acceptors (Lipinski definition) is 3. The molecule has 0 saturated heterocycles. The third-order valence-electron chi connectivity index (χ3n) is 2.28. The molecule has 1 heterocycles. The zero-order valence-electron chi connectivity index (χ0n) is 9.34. The molecule has 5 nitrogen and oxygen atoms in total. The van der Waals surface area contributed by atoms with Crippen LogP contribution in [-0.2, 0) is 0 Å². The number of rotatable bonds is 1. The number of aryl methyl sites for hydroxylation is 1. The van der Waals surface area contributed by atoms with Gasteiger partial charge in [0.25, 0.3) is 0 Å². The Morgan fingerprint density at radius 2 is 2.06 bits per heavy atom. The number of halogens is 1. The average Bonchev–Trinajstić information content (AvgIpc) is 2.60. The van der Waals surface area contributed by atoms with Crippen LogP contribution in [0, 0.1) is 12.3 Å². The summed E-state index contributed by atoms with van der Waals surface area (Å²) in [6.07, 6.45) is 0. The Bertz CT molecular complexity index is 547. The molecule has 0 bridgehead atoms. The van der Waals surface area contributed by atoms with Crippen LogP contribution < -0.4 is 11.5 Å². The number of hydrogen-bond donors (Lipinski definition) is 3. The summed E-state index contributed by atoms with van der Waals surface area (Å²) < 4.78 is 1.21. The second-order valence-electron chi connectivity index (χ2n) is 3.62. The predicted octanol–water partition coefficient (Wildman–Crippen LogP) is 1.60. The van der Waals surface area contributed by atoms with E-state index in [1.54, 1.807) is 6.07 Å². The summed E-state index contributed by atoms with van der Waals surface area (Å²) >= 11 is 0. The monoisotopic (exact) mass is 251 g/mol. The lowest BCUT2D eigenvalue weighted by Crippen LogP contribution is -2.23. The molecule has 0 atom stereocenters. The van der Waals surface area contributed by atoms with Gasteiger partial charge in [-0.1, -0.05) is 23.8 Å². The van der Waals surface area contributed by atoms with Crippen LogP contribution in [0.1, 0.15) is 5.56 Å². The first-order valence-electron chi connectivity index (χ1n) is 4.85. The van der Waals surface area contributed by atoms with Crippen LogP contribution >= 0.6 is 12.4 Å². The zero-order chi connectivity index (χ0) is 11.7. The maximum Gasteiger partial charge on any atom is 0.215 e. The van der Waals surface area contributed by atoms with E-state index in [0.717, 1.165) is 16.8 Å². The van der Waals surface area contributed by atoms with Gasteiger partial charge in [0.15, 0.2) is 0 Å². The standard InChI is InChI=1S/C11H13N5.ClH/c1-7-3-2-4-8(5-7)9-6-10(12)16(15-9)11(13)14;/h2-6H,12H2,1H3,(H3,13,14);1H. The molecule has 2 rings (SSSR count). The molecule has 90 valence electrons. The summed E-state index contributed by atoms with van der Waals surface area (Å²) in [4.78, 5) is 0. The quantitative estimate of drug-likeness (QED) is 0.531. The number of nitrogen functional groups attached to an aromatic ring is 2. The van der Waals surface area contributed by atoms with Crippen molar-refractivity contribution < 1.29 is 0 Å². The van der Waals surface area contributed by atoms with E-state index < -0.39 is 0 Å². The lowest BCUT2D eigenvalue weighted by Gasteiger charge is -1.99. The molecule has 0 aliphatic heterocycles. The van der Waals surface area contributed by atoms with Gasteiger partial charge in [0.1, 0.15) is 5.82 Å². The number of aromatic nitrogens is 2. The fraction of sp³-hybridized carbons (Fsp3) is 0.0909. The van der Waals surface area contributed by atoms with E-state index >= 15 is 0 Å². The highest BCUT2D eigenvalue weighted by Gasteiger charge is 2.08. The number of nitrogens with one attached hydrogen (secondary N) is 1. The Morgan fingerprint density at radius 1 is 1.35 bits per heavy atom. The van der Waals surface area contributed by atoms with Crippen molar-refractivity contribution in [2.75, 3.05) is 5.73 Å². The van der Waals surface area contributed by atoms with Crippen molar-refractivity contribution in [3.8, 4) is 11.3 Å². The van der Waals surface area contributed by atoms with Gasteiger partial charge in [-0.15, -0.1) is 12.4 Å². The highest BCUT2D eigenvalue weighted by molar-refractivity contribution is 5.85. The minimum absolute atomic E-state index is 0. The maximum absolute atomic E-state index is 7.29. The largest absolute Gasteiger partial charge is 0.383 e. The van der Waals surface area contributed by atoms with Crippen LogP contribution in [0.4, 0.5) is 5.82 Å². The second-order valence-corrected chi connectivity index (χ2v) is 3.62. The first-order valence-corrected chi connectivity index (χ1v) is 4.85. The summed E-state index contributed by atoms with van der Waals surface area (Å²) in [6.45, 7) is 2.01. The Balaban J connectivity index is 0.00000144. The minimum Gasteiger partial charge on any atom is -0.383 e. The summed E-state index contributed by atoms with van der Waals surface area (Å²) in [5.41, 5.74) is 13.9. The first kappa shape index (κ1) is 13.1. The second kappa shape index (κ2) is 4.88.